The van der Waals surface area contributed by atoms with E-state index in [-0.39, 0.29) is 24.0 Å². The summed E-state index contributed by atoms with van der Waals surface area (Å²) in [4.78, 5) is 3.86. The van der Waals surface area contributed by atoms with Crippen LogP contribution in [0.4, 0.5) is 0 Å². The van der Waals surface area contributed by atoms with Crippen molar-refractivity contribution in [2.24, 2.45) is 4.99 Å². The monoisotopic (exact) mass is 268 g/mol. The standard InChI is InChI=1S/C6H12N4.HI/c1-8-6(9-2)10-5-3-4-7;/h3,5H2,1-2H3,(H2,8,9,10);1H. The molecule has 5 heteroatoms. The fourth-order valence-corrected chi connectivity index (χ4v) is 0.516. The molecule has 64 valence electrons. The van der Waals surface area contributed by atoms with Crippen molar-refractivity contribution in [2.45, 2.75) is 6.42 Å². The minimum Gasteiger partial charge on any atom is -0.359 e. The molecule has 0 rings (SSSR count). The summed E-state index contributed by atoms with van der Waals surface area (Å²) in [5.74, 6) is 0.718. The molecule has 11 heavy (non-hydrogen) atoms. The quantitative estimate of drug-likeness (QED) is 0.328. The third kappa shape index (κ3) is 7.39. The Bertz CT molecular complexity index is 149. The number of nitrogens with one attached hydrogen (secondary N) is 2. The van der Waals surface area contributed by atoms with E-state index in [1.54, 1.807) is 14.1 Å². The van der Waals surface area contributed by atoms with E-state index >= 15 is 0 Å². The third-order valence-electron chi connectivity index (χ3n) is 0.990. The van der Waals surface area contributed by atoms with E-state index in [9.17, 15) is 0 Å². The number of hydrogen-bond acceptors (Lipinski definition) is 2. The van der Waals surface area contributed by atoms with E-state index in [0.717, 1.165) is 5.96 Å². The molecule has 0 atom stereocenters. The van der Waals surface area contributed by atoms with Gasteiger partial charge in [0.1, 0.15) is 0 Å². The molecule has 0 aromatic rings. The number of rotatable bonds is 2. The normalized spacial score (nSPS) is 9.36. The first-order valence-electron chi connectivity index (χ1n) is 3.10. The summed E-state index contributed by atoms with van der Waals surface area (Å²) >= 11 is 0. The Hall–Kier alpha value is -0.510. The summed E-state index contributed by atoms with van der Waals surface area (Å²) < 4.78 is 0. The highest BCUT2D eigenvalue weighted by molar-refractivity contribution is 14.0. The lowest BCUT2D eigenvalue weighted by Gasteiger charge is -2.04. The van der Waals surface area contributed by atoms with Gasteiger partial charge in [-0.1, -0.05) is 0 Å². The van der Waals surface area contributed by atoms with Crippen LogP contribution in [0, 0.1) is 11.3 Å². The fourth-order valence-electron chi connectivity index (χ4n) is 0.516. The lowest BCUT2D eigenvalue weighted by Crippen LogP contribution is -2.34. The molecule has 0 bridgehead atoms. The second-order valence-electron chi connectivity index (χ2n) is 1.66. The van der Waals surface area contributed by atoms with Gasteiger partial charge in [-0.25, -0.2) is 0 Å². The summed E-state index contributed by atoms with van der Waals surface area (Å²) in [6.45, 7) is 0.643. The summed E-state index contributed by atoms with van der Waals surface area (Å²) in [5, 5.41) is 14.0. The number of nitriles is 1. The molecule has 2 N–H and O–H groups in total. The van der Waals surface area contributed by atoms with Crippen LogP contribution in [0.15, 0.2) is 4.99 Å². The number of hydrogen-bond donors (Lipinski definition) is 2. The Balaban J connectivity index is 0. The van der Waals surface area contributed by atoms with Gasteiger partial charge in [-0.3, -0.25) is 4.99 Å². The molecule has 0 heterocycles. The number of aliphatic imine (C=N–C) groups is 1. The van der Waals surface area contributed by atoms with Crippen LogP contribution in [0.25, 0.3) is 0 Å². The second-order valence-corrected chi connectivity index (χ2v) is 1.66. The average molecular weight is 268 g/mol. The lowest BCUT2D eigenvalue weighted by molar-refractivity contribution is 0.857. The number of halogens is 1. The van der Waals surface area contributed by atoms with Gasteiger partial charge in [0.05, 0.1) is 12.5 Å². The van der Waals surface area contributed by atoms with Crippen molar-refractivity contribution >= 4 is 29.9 Å². The molecule has 0 spiro atoms. The van der Waals surface area contributed by atoms with E-state index in [1.807, 2.05) is 6.07 Å². The van der Waals surface area contributed by atoms with Crippen molar-refractivity contribution < 1.29 is 0 Å². The Kier molecular flexibility index (Phi) is 11.3. The van der Waals surface area contributed by atoms with Crippen molar-refractivity contribution in [2.75, 3.05) is 20.6 Å². The van der Waals surface area contributed by atoms with E-state index in [2.05, 4.69) is 15.6 Å². The number of nitrogens with zero attached hydrogens (tertiary/aromatic N) is 2. The first-order valence-corrected chi connectivity index (χ1v) is 3.10. The van der Waals surface area contributed by atoms with Gasteiger partial charge in [-0.15, -0.1) is 24.0 Å². The first kappa shape index (κ1) is 13.1. The van der Waals surface area contributed by atoms with Gasteiger partial charge in [0.25, 0.3) is 0 Å². The zero-order valence-electron chi connectivity index (χ0n) is 6.72. The van der Waals surface area contributed by atoms with E-state index in [4.69, 9.17) is 5.26 Å². The predicted octanol–water partition coefficient (Wildman–Crippen LogP) is 0.313. The van der Waals surface area contributed by atoms with Gasteiger partial charge >= 0.3 is 0 Å². The predicted molar refractivity (Wildman–Crippen MR) is 56.1 cm³/mol. The largest absolute Gasteiger partial charge is 0.359 e. The summed E-state index contributed by atoms with van der Waals surface area (Å²) in [7, 11) is 3.47. The molecule has 4 nitrogen and oxygen atoms in total. The van der Waals surface area contributed by atoms with Gasteiger partial charge in [-0.05, 0) is 0 Å². The maximum absolute atomic E-state index is 8.17. The molecule has 0 aliphatic carbocycles. The highest BCUT2D eigenvalue weighted by Crippen LogP contribution is 1.70. The van der Waals surface area contributed by atoms with Crippen molar-refractivity contribution in [3.05, 3.63) is 0 Å². The van der Waals surface area contributed by atoms with Crippen LogP contribution < -0.4 is 10.6 Å². The van der Waals surface area contributed by atoms with Crippen molar-refractivity contribution in [1.29, 1.82) is 5.26 Å². The fraction of sp³-hybridized carbons (Fsp3) is 0.667. The van der Waals surface area contributed by atoms with Crippen LogP contribution in [0.3, 0.4) is 0 Å². The second kappa shape index (κ2) is 9.49. The van der Waals surface area contributed by atoms with Crippen molar-refractivity contribution in [1.82, 2.24) is 10.6 Å². The molecule has 0 saturated carbocycles. The maximum atomic E-state index is 8.17. The molecule has 0 aromatic heterocycles. The number of guanidine groups is 1. The first-order chi connectivity index (χ1) is 4.85. The highest BCUT2D eigenvalue weighted by atomic mass is 127. The topological polar surface area (TPSA) is 60.2 Å². The van der Waals surface area contributed by atoms with E-state index in [0.29, 0.717) is 13.0 Å². The van der Waals surface area contributed by atoms with Crippen LogP contribution in [-0.2, 0) is 0 Å². The minimum atomic E-state index is 0. The summed E-state index contributed by atoms with van der Waals surface area (Å²) in [6, 6.07) is 2.03. The van der Waals surface area contributed by atoms with Crippen LogP contribution in [0.5, 0.6) is 0 Å². The van der Waals surface area contributed by atoms with Crippen LogP contribution in [-0.4, -0.2) is 26.6 Å². The zero-order chi connectivity index (χ0) is 7.82. The minimum absolute atomic E-state index is 0. The van der Waals surface area contributed by atoms with Gasteiger partial charge in [-0.2, -0.15) is 5.26 Å². The van der Waals surface area contributed by atoms with Crippen LogP contribution >= 0.6 is 24.0 Å². The van der Waals surface area contributed by atoms with Crippen LogP contribution in [0.1, 0.15) is 6.42 Å². The molecule has 0 aromatic carbocycles. The highest BCUT2D eigenvalue weighted by Gasteiger charge is 1.88. The molecule has 0 amide bonds. The Labute approximate surface area is 84.1 Å². The molecule has 0 aliphatic heterocycles. The van der Waals surface area contributed by atoms with E-state index < -0.39 is 0 Å². The van der Waals surface area contributed by atoms with E-state index in [1.165, 1.54) is 0 Å². The Morgan fingerprint density at radius 2 is 2.27 bits per heavy atom. The summed E-state index contributed by atoms with van der Waals surface area (Å²) in [5.41, 5.74) is 0. The molecule has 0 radical (unpaired) electrons. The molecule has 0 fully saturated rings. The summed E-state index contributed by atoms with van der Waals surface area (Å²) in [6.07, 6.45) is 0.501. The van der Waals surface area contributed by atoms with Gasteiger partial charge in [0.2, 0.25) is 0 Å². The molecule has 0 saturated heterocycles. The SMILES string of the molecule is CN=C(NC)NCCC#N.I. The average Bonchev–Trinajstić information content (AvgIpc) is 1.99. The molecule has 0 aliphatic rings. The Morgan fingerprint density at radius 3 is 2.64 bits per heavy atom. The van der Waals surface area contributed by atoms with Crippen molar-refractivity contribution in [3.8, 4) is 6.07 Å². The van der Waals surface area contributed by atoms with Gasteiger partial charge < -0.3 is 10.6 Å². The van der Waals surface area contributed by atoms with Crippen molar-refractivity contribution in [3.63, 3.8) is 0 Å². The molecular weight excluding hydrogens is 255 g/mol. The molecule has 0 unspecified atom stereocenters. The van der Waals surface area contributed by atoms with Crippen LogP contribution in [0.2, 0.25) is 0 Å². The van der Waals surface area contributed by atoms with Gasteiger partial charge in [0.15, 0.2) is 5.96 Å². The lowest BCUT2D eigenvalue weighted by atomic mass is 10.5. The third-order valence-corrected chi connectivity index (χ3v) is 0.990. The van der Waals surface area contributed by atoms with Gasteiger partial charge in [0, 0.05) is 20.6 Å². The molecular formula is C6H13IN4. The maximum Gasteiger partial charge on any atom is 0.190 e. The Morgan fingerprint density at radius 1 is 1.64 bits per heavy atom. The zero-order valence-corrected chi connectivity index (χ0v) is 9.05. The smallest absolute Gasteiger partial charge is 0.190 e.